The van der Waals surface area contributed by atoms with Crippen molar-refractivity contribution in [2.24, 2.45) is 11.3 Å². The van der Waals surface area contributed by atoms with Crippen LogP contribution in [0.1, 0.15) is 45.4 Å². The van der Waals surface area contributed by atoms with Crippen LogP contribution in [0.5, 0.6) is 0 Å². The van der Waals surface area contributed by atoms with Crippen LogP contribution in [0.3, 0.4) is 0 Å². The van der Waals surface area contributed by atoms with Gasteiger partial charge in [-0.05, 0) is 62.9 Å². The third-order valence-electron chi connectivity index (χ3n) is 4.68. The number of rotatable bonds is 1. The Hall–Kier alpha value is -0.0400. The van der Waals surface area contributed by atoms with Gasteiger partial charge in [0.1, 0.15) is 0 Å². The van der Waals surface area contributed by atoms with E-state index in [1.807, 2.05) is 0 Å². The number of hydrogen-bond donors (Lipinski definition) is 0. The molecule has 3 fully saturated rings. The molecule has 0 aromatic heterocycles. The van der Waals surface area contributed by atoms with E-state index in [4.69, 9.17) is 0 Å². The lowest BCUT2D eigenvalue weighted by molar-refractivity contribution is 0.0498. The number of likely N-dealkylation sites (tertiary alicyclic amines) is 1. The molecule has 0 amide bonds. The van der Waals surface area contributed by atoms with Crippen LogP contribution in [-0.2, 0) is 0 Å². The maximum atomic E-state index is 2.77. The van der Waals surface area contributed by atoms with Gasteiger partial charge in [0, 0.05) is 6.04 Å². The van der Waals surface area contributed by atoms with Crippen molar-refractivity contribution in [3.05, 3.63) is 0 Å². The maximum Gasteiger partial charge on any atom is 0.0100 e. The summed E-state index contributed by atoms with van der Waals surface area (Å²) < 4.78 is 0. The van der Waals surface area contributed by atoms with E-state index in [0.29, 0.717) is 0 Å². The highest BCUT2D eigenvalue weighted by Crippen LogP contribution is 2.54. The molecular weight excluding hydrogens is 158 g/mol. The summed E-state index contributed by atoms with van der Waals surface area (Å²) in [4.78, 5) is 2.77. The van der Waals surface area contributed by atoms with Crippen LogP contribution < -0.4 is 0 Å². The predicted molar refractivity (Wildman–Crippen MR) is 54.7 cm³/mol. The zero-order valence-corrected chi connectivity index (χ0v) is 8.76. The average molecular weight is 179 g/mol. The van der Waals surface area contributed by atoms with Crippen molar-refractivity contribution in [1.82, 2.24) is 4.90 Å². The molecule has 0 aromatic rings. The summed E-state index contributed by atoms with van der Waals surface area (Å²) in [5, 5.41) is 0. The van der Waals surface area contributed by atoms with Gasteiger partial charge in [-0.2, -0.15) is 0 Å². The first-order valence-electron chi connectivity index (χ1n) is 6.02. The second kappa shape index (κ2) is 2.73. The summed E-state index contributed by atoms with van der Waals surface area (Å²) in [7, 11) is 0. The lowest BCUT2D eigenvalue weighted by Gasteiger charge is -2.45. The molecule has 1 nitrogen and oxygen atoms in total. The first-order chi connectivity index (χ1) is 6.27. The fourth-order valence-corrected chi connectivity index (χ4v) is 3.20. The minimum atomic E-state index is 0.867. The standard InChI is InChI=1S/C12H21N/c1-10-8-11(9-10)13-6-4-12(2-3-12)5-7-13/h10-11H,2-9H2,1H3. The Morgan fingerprint density at radius 1 is 1.00 bits per heavy atom. The minimum absolute atomic E-state index is 0.867. The van der Waals surface area contributed by atoms with Crippen LogP contribution in [0.15, 0.2) is 0 Å². The van der Waals surface area contributed by atoms with Crippen LogP contribution in [0.2, 0.25) is 0 Å². The smallest absolute Gasteiger partial charge is 0.0100 e. The van der Waals surface area contributed by atoms with Gasteiger partial charge in [0.2, 0.25) is 0 Å². The third-order valence-corrected chi connectivity index (χ3v) is 4.68. The Balaban J connectivity index is 1.52. The molecule has 0 N–H and O–H groups in total. The fourth-order valence-electron chi connectivity index (χ4n) is 3.20. The molecule has 1 heteroatoms. The molecule has 1 aliphatic heterocycles. The van der Waals surface area contributed by atoms with Crippen LogP contribution in [-0.4, -0.2) is 24.0 Å². The van der Waals surface area contributed by atoms with Crippen molar-refractivity contribution in [2.75, 3.05) is 13.1 Å². The summed E-state index contributed by atoms with van der Waals surface area (Å²) >= 11 is 0. The quantitative estimate of drug-likeness (QED) is 0.598. The lowest BCUT2D eigenvalue weighted by atomic mass is 9.79. The highest BCUT2D eigenvalue weighted by Gasteiger charge is 2.46. The minimum Gasteiger partial charge on any atom is -0.300 e. The Morgan fingerprint density at radius 2 is 1.62 bits per heavy atom. The van der Waals surface area contributed by atoms with Gasteiger partial charge in [0.25, 0.3) is 0 Å². The molecule has 1 heterocycles. The molecule has 3 rings (SSSR count). The first kappa shape index (κ1) is 8.28. The van der Waals surface area contributed by atoms with Crippen LogP contribution >= 0.6 is 0 Å². The summed E-state index contributed by atoms with van der Waals surface area (Å²) in [5.41, 5.74) is 0.867. The predicted octanol–water partition coefficient (Wildman–Crippen LogP) is 2.66. The molecule has 1 saturated heterocycles. The van der Waals surface area contributed by atoms with Gasteiger partial charge in [-0.15, -0.1) is 0 Å². The van der Waals surface area contributed by atoms with Crippen molar-refractivity contribution in [3.8, 4) is 0 Å². The Morgan fingerprint density at radius 3 is 2.08 bits per heavy atom. The molecular formula is C12H21N. The Bertz CT molecular complexity index is 191. The fraction of sp³-hybridized carbons (Fsp3) is 1.00. The van der Waals surface area contributed by atoms with Crippen LogP contribution in [0.4, 0.5) is 0 Å². The Labute approximate surface area is 81.5 Å². The molecule has 0 bridgehead atoms. The molecule has 0 aromatic carbocycles. The lowest BCUT2D eigenvalue weighted by Crippen LogP contribution is -2.47. The van der Waals surface area contributed by atoms with E-state index in [2.05, 4.69) is 11.8 Å². The first-order valence-corrected chi connectivity index (χ1v) is 6.02. The van der Waals surface area contributed by atoms with Crippen molar-refractivity contribution >= 4 is 0 Å². The van der Waals surface area contributed by atoms with Crippen molar-refractivity contribution < 1.29 is 0 Å². The summed E-state index contributed by atoms with van der Waals surface area (Å²) in [5.74, 6) is 1.02. The second-order valence-corrected chi connectivity index (χ2v) is 5.77. The van der Waals surface area contributed by atoms with Gasteiger partial charge < -0.3 is 4.90 Å². The number of piperidine rings is 1. The molecule has 13 heavy (non-hydrogen) atoms. The van der Waals surface area contributed by atoms with Gasteiger partial charge in [-0.1, -0.05) is 6.92 Å². The highest BCUT2D eigenvalue weighted by atomic mass is 15.2. The Kier molecular flexibility index (Phi) is 1.74. The normalized spacial score (nSPS) is 43.2. The molecule has 3 aliphatic rings. The van der Waals surface area contributed by atoms with E-state index in [9.17, 15) is 0 Å². The SMILES string of the molecule is CC1CC(N2CCC3(CC2)CC3)C1. The number of nitrogens with zero attached hydrogens (tertiary/aromatic N) is 1. The molecule has 0 atom stereocenters. The zero-order chi connectivity index (χ0) is 8.89. The van der Waals surface area contributed by atoms with Gasteiger partial charge in [0.15, 0.2) is 0 Å². The van der Waals surface area contributed by atoms with E-state index in [1.54, 1.807) is 12.8 Å². The number of hydrogen-bond acceptors (Lipinski definition) is 1. The molecule has 74 valence electrons. The van der Waals surface area contributed by atoms with E-state index in [0.717, 1.165) is 17.4 Å². The highest BCUT2D eigenvalue weighted by molar-refractivity contribution is 4.98. The van der Waals surface area contributed by atoms with Gasteiger partial charge in [-0.25, -0.2) is 0 Å². The summed E-state index contributed by atoms with van der Waals surface area (Å²) in [6.45, 7) is 5.22. The van der Waals surface area contributed by atoms with Crippen LogP contribution in [0, 0.1) is 11.3 Å². The largest absolute Gasteiger partial charge is 0.300 e. The van der Waals surface area contributed by atoms with E-state index >= 15 is 0 Å². The zero-order valence-electron chi connectivity index (χ0n) is 8.76. The maximum absolute atomic E-state index is 2.77. The van der Waals surface area contributed by atoms with Crippen molar-refractivity contribution in [1.29, 1.82) is 0 Å². The van der Waals surface area contributed by atoms with E-state index in [1.165, 1.54) is 38.8 Å². The summed E-state index contributed by atoms with van der Waals surface area (Å²) in [6, 6.07) is 0.978. The molecule has 0 unspecified atom stereocenters. The molecule has 0 radical (unpaired) electrons. The molecule has 1 spiro atoms. The topological polar surface area (TPSA) is 3.24 Å². The average Bonchev–Trinajstić information content (AvgIpc) is 2.82. The van der Waals surface area contributed by atoms with E-state index in [-0.39, 0.29) is 0 Å². The van der Waals surface area contributed by atoms with E-state index < -0.39 is 0 Å². The second-order valence-electron chi connectivity index (χ2n) is 5.77. The van der Waals surface area contributed by atoms with Gasteiger partial charge >= 0.3 is 0 Å². The van der Waals surface area contributed by atoms with Crippen molar-refractivity contribution in [3.63, 3.8) is 0 Å². The summed E-state index contributed by atoms with van der Waals surface area (Å²) in [6.07, 6.45) is 9.07. The molecule has 2 saturated carbocycles. The monoisotopic (exact) mass is 179 g/mol. The van der Waals surface area contributed by atoms with Crippen LogP contribution in [0.25, 0.3) is 0 Å². The molecule has 2 aliphatic carbocycles. The van der Waals surface area contributed by atoms with Gasteiger partial charge in [-0.3, -0.25) is 0 Å². The van der Waals surface area contributed by atoms with Gasteiger partial charge in [0.05, 0.1) is 0 Å². The van der Waals surface area contributed by atoms with Crippen molar-refractivity contribution in [2.45, 2.75) is 51.5 Å². The third kappa shape index (κ3) is 1.41.